The van der Waals surface area contributed by atoms with E-state index < -0.39 is 0 Å². The second-order valence-electron chi connectivity index (χ2n) is 3.30. The summed E-state index contributed by atoms with van der Waals surface area (Å²) in [5, 5.41) is 12.0. The summed E-state index contributed by atoms with van der Waals surface area (Å²) in [6.45, 7) is 0.776. The lowest BCUT2D eigenvalue weighted by Crippen LogP contribution is -2.34. The Labute approximate surface area is 76.4 Å². The molecule has 0 unspecified atom stereocenters. The van der Waals surface area contributed by atoms with Gasteiger partial charge in [0, 0.05) is 11.6 Å². The zero-order valence-corrected chi connectivity index (χ0v) is 7.26. The van der Waals surface area contributed by atoms with Crippen LogP contribution in [0.2, 0.25) is 0 Å². The molecule has 1 aliphatic rings. The molecule has 1 aromatic carbocycles. The van der Waals surface area contributed by atoms with Crippen LogP contribution < -0.4 is 5.32 Å². The van der Waals surface area contributed by atoms with Gasteiger partial charge in [0.2, 0.25) is 0 Å². The molecule has 2 N–H and O–H groups in total. The van der Waals surface area contributed by atoms with Crippen LogP contribution in [0.25, 0.3) is 0 Å². The summed E-state index contributed by atoms with van der Waals surface area (Å²) in [5.74, 6) is -0.311. The first-order valence-electron chi connectivity index (χ1n) is 4.44. The van der Waals surface area contributed by atoms with Gasteiger partial charge in [0.1, 0.15) is 5.82 Å². The van der Waals surface area contributed by atoms with Crippen LogP contribution in [0.3, 0.4) is 0 Å². The van der Waals surface area contributed by atoms with Gasteiger partial charge in [0.15, 0.2) is 0 Å². The first-order chi connectivity index (χ1) is 6.31. The SMILES string of the molecule is OCc1ccc([C@@H]2CCN2)cc1F. The van der Waals surface area contributed by atoms with Crippen molar-refractivity contribution in [3.63, 3.8) is 0 Å². The highest BCUT2D eigenvalue weighted by atomic mass is 19.1. The highest BCUT2D eigenvalue weighted by Gasteiger charge is 2.19. The van der Waals surface area contributed by atoms with E-state index in [2.05, 4.69) is 5.32 Å². The Morgan fingerprint density at radius 1 is 1.54 bits per heavy atom. The third-order valence-corrected chi connectivity index (χ3v) is 2.47. The molecule has 2 rings (SSSR count). The largest absolute Gasteiger partial charge is 0.392 e. The highest BCUT2D eigenvalue weighted by molar-refractivity contribution is 5.27. The van der Waals surface area contributed by atoms with Gasteiger partial charge in [-0.25, -0.2) is 4.39 Å². The van der Waals surface area contributed by atoms with Crippen LogP contribution in [0.4, 0.5) is 4.39 Å². The first-order valence-corrected chi connectivity index (χ1v) is 4.44. The average molecular weight is 181 g/mol. The Hall–Kier alpha value is -0.930. The van der Waals surface area contributed by atoms with E-state index >= 15 is 0 Å². The summed E-state index contributed by atoms with van der Waals surface area (Å²) in [4.78, 5) is 0. The molecule has 0 bridgehead atoms. The molecule has 0 radical (unpaired) electrons. The van der Waals surface area contributed by atoms with Gasteiger partial charge >= 0.3 is 0 Å². The van der Waals surface area contributed by atoms with Crippen LogP contribution in [0.15, 0.2) is 18.2 Å². The van der Waals surface area contributed by atoms with Crippen LogP contribution in [-0.2, 0) is 6.61 Å². The summed E-state index contributed by atoms with van der Waals surface area (Å²) >= 11 is 0. The molecule has 0 aromatic heterocycles. The number of hydrogen-bond donors (Lipinski definition) is 2. The van der Waals surface area contributed by atoms with Crippen molar-refractivity contribution in [1.29, 1.82) is 0 Å². The fourth-order valence-electron chi connectivity index (χ4n) is 1.48. The van der Waals surface area contributed by atoms with Crippen LogP contribution >= 0.6 is 0 Å². The van der Waals surface area contributed by atoms with Crippen molar-refractivity contribution in [1.82, 2.24) is 5.32 Å². The monoisotopic (exact) mass is 181 g/mol. The van der Waals surface area contributed by atoms with Crippen LogP contribution in [0.1, 0.15) is 23.6 Å². The summed E-state index contributed by atoms with van der Waals surface area (Å²) in [5.41, 5.74) is 1.34. The first kappa shape index (κ1) is 8.66. The maximum absolute atomic E-state index is 13.2. The van der Waals surface area contributed by atoms with E-state index in [4.69, 9.17) is 5.11 Å². The maximum Gasteiger partial charge on any atom is 0.129 e. The van der Waals surface area contributed by atoms with Crippen molar-refractivity contribution in [3.05, 3.63) is 35.1 Å². The summed E-state index contributed by atoms with van der Waals surface area (Å²) in [7, 11) is 0. The second kappa shape index (κ2) is 3.44. The summed E-state index contributed by atoms with van der Waals surface area (Å²) in [6, 6.07) is 5.32. The lowest BCUT2D eigenvalue weighted by atomic mass is 9.97. The van der Waals surface area contributed by atoms with Crippen molar-refractivity contribution >= 4 is 0 Å². The normalized spacial score (nSPS) is 21.2. The number of hydrogen-bond acceptors (Lipinski definition) is 2. The van der Waals surface area contributed by atoms with E-state index in [0.29, 0.717) is 11.6 Å². The van der Waals surface area contributed by atoms with Crippen molar-refractivity contribution in [3.8, 4) is 0 Å². The van der Waals surface area contributed by atoms with Crippen molar-refractivity contribution in [2.45, 2.75) is 19.1 Å². The minimum Gasteiger partial charge on any atom is -0.392 e. The van der Waals surface area contributed by atoms with E-state index in [9.17, 15) is 4.39 Å². The topological polar surface area (TPSA) is 32.3 Å². The number of benzene rings is 1. The molecule has 13 heavy (non-hydrogen) atoms. The molecule has 0 aliphatic carbocycles. The number of halogens is 1. The van der Waals surface area contributed by atoms with E-state index in [-0.39, 0.29) is 12.4 Å². The molecule has 0 spiro atoms. The molecule has 1 aliphatic heterocycles. The minimum absolute atomic E-state index is 0.232. The lowest BCUT2D eigenvalue weighted by Gasteiger charge is -2.28. The summed E-state index contributed by atoms with van der Waals surface area (Å²) < 4.78 is 13.2. The van der Waals surface area contributed by atoms with Gasteiger partial charge in [0.25, 0.3) is 0 Å². The third kappa shape index (κ3) is 1.57. The third-order valence-electron chi connectivity index (χ3n) is 2.47. The zero-order valence-electron chi connectivity index (χ0n) is 7.26. The lowest BCUT2D eigenvalue weighted by molar-refractivity contribution is 0.275. The van der Waals surface area contributed by atoms with Crippen LogP contribution in [0.5, 0.6) is 0 Å². The molecule has 0 saturated carbocycles. The average Bonchev–Trinajstić information content (AvgIpc) is 2.01. The predicted octanol–water partition coefficient (Wildman–Crippen LogP) is 1.35. The Bertz CT molecular complexity index is 310. The van der Waals surface area contributed by atoms with E-state index in [1.807, 2.05) is 6.07 Å². The fraction of sp³-hybridized carbons (Fsp3) is 0.400. The minimum atomic E-state index is -0.311. The highest BCUT2D eigenvalue weighted by Crippen LogP contribution is 2.24. The fourth-order valence-corrected chi connectivity index (χ4v) is 1.48. The Morgan fingerprint density at radius 2 is 2.31 bits per heavy atom. The van der Waals surface area contributed by atoms with Crippen molar-refractivity contribution in [2.75, 3.05) is 6.54 Å². The number of rotatable bonds is 2. The van der Waals surface area contributed by atoms with Gasteiger partial charge in [-0.2, -0.15) is 0 Å². The number of aliphatic hydroxyl groups excluding tert-OH is 1. The number of aliphatic hydroxyl groups is 1. The number of nitrogens with one attached hydrogen (secondary N) is 1. The molecule has 1 heterocycles. The molecular weight excluding hydrogens is 169 g/mol. The van der Waals surface area contributed by atoms with Gasteiger partial charge in [-0.05, 0) is 24.6 Å². The molecule has 2 nitrogen and oxygen atoms in total. The molecule has 1 aromatic rings. The van der Waals surface area contributed by atoms with Crippen LogP contribution in [-0.4, -0.2) is 11.7 Å². The maximum atomic E-state index is 13.2. The van der Waals surface area contributed by atoms with E-state index in [0.717, 1.165) is 18.5 Å². The standard InChI is InChI=1S/C10H12FNO/c11-9-5-7(10-3-4-12-10)1-2-8(9)6-13/h1-2,5,10,12-13H,3-4,6H2/t10-/m0/s1. The van der Waals surface area contributed by atoms with E-state index in [1.54, 1.807) is 6.07 Å². The molecular formula is C10H12FNO. The smallest absolute Gasteiger partial charge is 0.129 e. The molecule has 3 heteroatoms. The quantitative estimate of drug-likeness (QED) is 0.721. The van der Waals surface area contributed by atoms with Crippen molar-refractivity contribution < 1.29 is 9.50 Å². The van der Waals surface area contributed by atoms with Gasteiger partial charge in [-0.3, -0.25) is 0 Å². The van der Waals surface area contributed by atoms with E-state index in [1.165, 1.54) is 6.07 Å². The Morgan fingerprint density at radius 3 is 2.77 bits per heavy atom. The van der Waals surface area contributed by atoms with Crippen LogP contribution in [0, 0.1) is 5.82 Å². The van der Waals surface area contributed by atoms with Gasteiger partial charge in [-0.15, -0.1) is 0 Å². The Kier molecular flexibility index (Phi) is 2.29. The molecule has 1 fully saturated rings. The molecule has 70 valence electrons. The molecule has 1 saturated heterocycles. The van der Waals surface area contributed by atoms with Gasteiger partial charge < -0.3 is 10.4 Å². The summed E-state index contributed by atoms with van der Waals surface area (Å²) in [6.07, 6.45) is 1.07. The molecule has 1 atom stereocenters. The Balaban J connectivity index is 2.24. The predicted molar refractivity (Wildman–Crippen MR) is 47.7 cm³/mol. The molecule has 0 amide bonds. The van der Waals surface area contributed by atoms with Gasteiger partial charge in [-0.1, -0.05) is 12.1 Å². The zero-order chi connectivity index (χ0) is 9.26. The second-order valence-corrected chi connectivity index (χ2v) is 3.30. The van der Waals surface area contributed by atoms with Gasteiger partial charge in [0.05, 0.1) is 6.61 Å². The van der Waals surface area contributed by atoms with Crippen molar-refractivity contribution in [2.24, 2.45) is 0 Å².